The van der Waals surface area contributed by atoms with Crippen molar-refractivity contribution in [1.29, 1.82) is 0 Å². The minimum atomic E-state index is -3.80. The summed E-state index contributed by atoms with van der Waals surface area (Å²) in [5.74, 6) is 0.736. The Morgan fingerprint density at radius 2 is 1.68 bits per heavy atom. The molecule has 0 aliphatic rings. The number of nitrogens with zero attached hydrogens (tertiary/aromatic N) is 1. The van der Waals surface area contributed by atoms with Gasteiger partial charge in [-0.15, -0.1) is 0 Å². The number of amides is 1. The average Bonchev–Trinajstić information content (AvgIpc) is 3.06. The molecule has 2 N–H and O–H groups in total. The number of benzene rings is 2. The molecule has 0 unspecified atom stereocenters. The average molecular weight is 399 g/mol. The molecule has 28 heavy (non-hydrogen) atoms. The van der Waals surface area contributed by atoms with E-state index in [2.05, 4.69) is 29.0 Å². The van der Waals surface area contributed by atoms with E-state index in [0.29, 0.717) is 22.9 Å². The van der Waals surface area contributed by atoms with Gasteiger partial charge in [-0.25, -0.2) is 8.42 Å². The third-order valence-corrected chi connectivity index (χ3v) is 5.50. The lowest BCUT2D eigenvalue weighted by atomic mass is 10.0. The van der Waals surface area contributed by atoms with Gasteiger partial charge in [0.25, 0.3) is 15.9 Å². The van der Waals surface area contributed by atoms with Gasteiger partial charge in [-0.1, -0.05) is 31.1 Å². The van der Waals surface area contributed by atoms with Crippen molar-refractivity contribution in [3.8, 4) is 0 Å². The summed E-state index contributed by atoms with van der Waals surface area (Å²) in [5.41, 5.74) is 2.18. The van der Waals surface area contributed by atoms with E-state index in [1.165, 1.54) is 30.3 Å². The van der Waals surface area contributed by atoms with E-state index in [1.54, 1.807) is 19.1 Å². The molecule has 2 aromatic carbocycles. The monoisotopic (exact) mass is 399 g/mol. The molecule has 0 aliphatic heterocycles. The van der Waals surface area contributed by atoms with Crippen molar-refractivity contribution in [1.82, 2.24) is 5.16 Å². The highest BCUT2D eigenvalue weighted by Crippen LogP contribution is 2.19. The first-order valence-corrected chi connectivity index (χ1v) is 10.2. The molecule has 0 bridgehead atoms. The Hall–Kier alpha value is -3.13. The molecule has 7 nitrogen and oxygen atoms in total. The summed E-state index contributed by atoms with van der Waals surface area (Å²) in [6.07, 6.45) is 0. The minimum Gasteiger partial charge on any atom is -0.360 e. The van der Waals surface area contributed by atoms with Crippen LogP contribution in [0.4, 0.5) is 11.5 Å². The van der Waals surface area contributed by atoms with Crippen LogP contribution in [-0.2, 0) is 10.0 Å². The molecule has 146 valence electrons. The quantitative estimate of drug-likeness (QED) is 0.648. The smallest absolute Gasteiger partial charge is 0.263 e. The third kappa shape index (κ3) is 4.58. The van der Waals surface area contributed by atoms with E-state index < -0.39 is 10.0 Å². The zero-order valence-corrected chi connectivity index (χ0v) is 16.6. The number of aromatic nitrogens is 1. The number of carbonyl (C=O) groups is 1. The van der Waals surface area contributed by atoms with Crippen molar-refractivity contribution in [3.05, 3.63) is 71.5 Å². The topological polar surface area (TPSA) is 101 Å². The standard InChI is InChI=1S/C20H21N3O4S/c1-13(2)15-4-6-16(7-5-15)20(24)21-17-8-10-18(11-9-17)28(25,26)23-19-12-14(3)27-22-19/h4-13H,1-3H3,(H,21,24)(H,22,23). The summed E-state index contributed by atoms with van der Waals surface area (Å²) >= 11 is 0. The van der Waals surface area contributed by atoms with Gasteiger partial charge < -0.3 is 9.84 Å². The van der Waals surface area contributed by atoms with Gasteiger partial charge in [0.05, 0.1) is 4.90 Å². The van der Waals surface area contributed by atoms with Gasteiger partial charge in [-0.3, -0.25) is 9.52 Å². The Kier molecular flexibility index (Phi) is 5.51. The lowest BCUT2D eigenvalue weighted by Crippen LogP contribution is -2.14. The molecule has 1 heterocycles. The van der Waals surface area contributed by atoms with Crippen LogP contribution in [0.25, 0.3) is 0 Å². The fourth-order valence-corrected chi connectivity index (χ4v) is 3.53. The van der Waals surface area contributed by atoms with Gasteiger partial charge in [-0.2, -0.15) is 0 Å². The second kappa shape index (κ2) is 7.85. The van der Waals surface area contributed by atoms with Crippen LogP contribution in [0.5, 0.6) is 0 Å². The van der Waals surface area contributed by atoms with Gasteiger partial charge in [0.2, 0.25) is 0 Å². The number of hydrogen-bond donors (Lipinski definition) is 2. The van der Waals surface area contributed by atoms with E-state index in [-0.39, 0.29) is 16.6 Å². The summed E-state index contributed by atoms with van der Waals surface area (Å²) in [4.78, 5) is 12.4. The minimum absolute atomic E-state index is 0.0486. The van der Waals surface area contributed by atoms with E-state index in [0.717, 1.165) is 5.56 Å². The van der Waals surface area contributed by atoms with Crippen LogP contribution < -0.4 is 10.0 Å². The highest BCUT2D eigenvalue weighted by atomic mass is 32.2. The number of hydrogen-bond acceptors (Lipinski definition) is 5. The predicted molar refractivity (Wildman–Crippen MR) is 107 cm³/mol. The molecular weight excluding hydrogens is 378 g/mol. The molecule has 8 heteroatoms. The van der Waals surface area contributed by atoms with Crippen LogP contribution in [0, 0.1) is 6.92 Å². The molecule has 0 saturated heterocycles. The van der Waals surface area contributed by atoms with E-state index >= 15 is 0 Å². The molecule has 0 radical (unpaired) electrons. The van der Waals surface area contributed by atoms with Crippen molar-refractivity contribution in [3.63, 3.8) is 0 Å². The number of anilines is 2. The maximum Gasteiger partial charge on any atom is 0.263 e. The number of aryl methyl sites for hydroxylation is 1. The normalized spacial score (nSPS) is 11.4. The molecule has 3 aromatic rings. The molecule has 3 rings (SSSR count). The van der Waals surface area contributed by atoms with Crippen LogP contribution in [-0.4, -0.2) is 19.5 Å². The van der Waals surface area contributed by atoms with Gasteiger partial charge in [0.15, 0.2) is 5.82 Å². The molecule has 1 aromatic heterocycles. The third-order valence-electron chi connectivity index (χ3n) is 4.13. The number of rotatable bonds is 6. The summed E-state index contributed by atoms with van der Waals surface area (Å²) in [6.45, 7) is 5.84. The predicted octanol–water partition coefficient (Wildman–Crippen LogP) is 4.16. The number of carbonyl (C=O) groups excluding carboxylic acids is 1. The van der Waals surface area contributed by atoms with Crippen LogP contribution >= 0.6 is 0 Å². The zero-order valence-electron chi connectivity index (χ0n) is 15.8. The SMILES string of the molecule is Cc1cc(NS(=O)(=O)c2ccc(NC(=O)c3ccc(C(C)C)cc3)cc2)no1. The Labute approximate surface area is 163 Å². The summed E-state index contributed by atoms with van der Waals surface area (Å²) in [6, 6.07) is 14.8. The van der Waals surface area contributed by atoms with Crippen LogP contribution in [0.1, 0.15) is 41.4 Å². The molecule has 0 saturated carbocycles. The van der Waals surface area contributed by atoms with Gasteiger partial charge in [-0.05, 0) is 54.8 Å². The molecule has 0 atom stereocenters. The molecule has 0 spiro atoms. The van der Waals surface area contributed by atoms with Crippen molar-refractivity contribution in [2.45, 2.75) is 31.6 Å². The lowest BCUT2D eigenvalue weighted by molar-refractivity contribution is 0.102. The maximum absolute atomic E-state index is 12.4. The second-order valence-electron chi connectivity index (χ2n) is 6.68. The van der Waals surface area contributed by atoms with Gasteiger partial charge in [0, 0.05) is 17.3 Å². The fraction of sp³-hybridized carbons (Fsp3) is 0.200. The highest BCUT2D eigenvalue weighted by Gasteiger charge is 2.16. The molecule has 0 aliphatic carbocycles. The highest BCUT2D eigenvalue weighted by molar-refractivity contribution is 7.92. The Morgan fingerprint density at radius 3 is 2.21 bits per heavy atom. The zero-order chi connectivity index (χ0) is 20.3. The molecule has 0 fully saturated rings. The van der Waals surface area contributed by atoms with Crippen molar-refractivity contribution in [2.75, 3.05) is 10.0 Å². The fourth-order valence-electron chi connectivity index (χ4n) is 2.55. The first kappa shape index (κ1) is 19.6. The molecular formula is C20H21N3O4S. The Balaban J connectivity index is 1.69. The summed E-state index contributed by atoms with van der Waals surface area (Å²) in [7, 11) is -3.80. The van der Waals surface area contributed by atoms with Crippen LogP contribution in [0.3, 0.4) is 0 Å². The first-order chi connectivity index (χ1) is 13.2. The summed E-state index contributed by atoms with van der Waals surface area (Å²) in [5, 5.41) is 6.37. The Morgan fingerprint density at radius 1 is 1.04 bits per heavy atom. The van der Waals surface area contributed by atoms with Crippen molar-refractivity contribution >= 4 is 27.4 Å². The first-order valence-electron chi connectivity index (χ1n) is 8.72. The maximum atomic E-state index is 12.4. The van der Waals surface area contributed by atoms with Crippen LogP contribution in [0.2, 0.25) is 0 Å². The number of nitrogens with one attached hydrogen (secondary N) is 2. The van der Waals surface area contributed by atoms with Crippen molar-refractivity contribution < 1.29 is 17.7 Å². The Bertz CT molecular complexity index is 1070. The van der Waals surface area contributed by atoms with Gasteiger partial charge in [0.1, 0.15) is 5.76 Å². The molecule has 1 amide bonds. The van der Waals surface area contributed by atoms with Gasteiger partial charge >= 0.3 is 0 Å². The second-order valence-corrected chi connectivity index (χ2v) is 8.37. The van der Waals surface area contributed by atoms with E-state index in [9.17, 15) is 13.2 Å². The van der Waals surface area contributed by atoms with Crippen molar-refractivity contribution in [2.24, 2.45) is 0 Å². The summed E-state index contributed by atoms with van der Waals surface area (Å²) < 4.78 is 31.9. The van der Waals surface area contributed by atoms with Crippen LogP contribution in [0.15, 0.2) is 64.0 Å². The van der Waals surface area contributed by atoms with E-state index in [1.807, 2.05) is 12.1 Å². The lowest BCUT2D eigenvalue weighted by Gasteiger charge is -2.09. The van der Waals surface area contributed by atoms with E-state index in [4.69, 9.17) is 4.52 Å². The largest absolute Gasteiger partial charge is 0.360 e. The number of sulfonamides is 1.